The van der Waals surface area contributed by atoms with Crippen LogP contribution in [-0.4, -0.2) is 49.1 Å². The molecule has 1 rings (SSSR count). The second-order valence-electron chi connectivity index (χ2n) is 4.77. The quantitative estimate of drug-likeness (QED) is 0.522. The van der Waals surface area contributed by atoms with Crippen LogP contribution >= 0.6 is 0 Å². The SMILES string of the molecule is CC1CNC(=O)CNC(=O)[C@H](C)NC(=O)C[C@H](C)O1. The number of carbonyl (C=O) groups is 3. The smallest absolute Gasteiger partial charge is 0.242 e. The van der Waals surface area contributed by atoms with Gasteiger partial charge in [0.15, 0.2) is 0 Å². The van der Waals surface area contributed by atoms with E-state index in [0.29, 0.717) is 6.54 Å². The van der Waals surface area contributed by atoms with Gasteiger partial charge in [-0.3, -0.25) is 14.4 Å². The fourth-order valence-electron chi connectivity index (χ4n) is 1.76. The molecule has 0 radical (unpaired) electrons. The zero-order valence-corrected chi connectivity index (χ0v) is 11.5. The molecule has 0 saturated carbocycles. The van der Waals surface area contributed by atoms with E-state index in [1.54, 1.807) is 13.8 Å². The van der Waals surface area contributed by atoms with Gasteiger partial charge in [0, 0.05) is 6.54 Å². The van der Waals surface area contributed by atoms with Gasteiger partial charge in [-0.25, -0.2) is 0 Å². The van der Waals surface area contributed by atoms with Gasteiger partial charge in [-0.15, -0.1) is 0 Å². The first-order valence-electron chi connectivity index (χ1n) is 6.37. The van der Waals surface area contributed by atoms with Gasteiger partial charge in [-0.1, -0.05) is 0 Å². The van der Waals surface area contributed by atoms with Crippen molar-refractivity contribution in [3.63, 3.8) is 0 Å². The molecule has 7 nitrogen and oxygen atoms in total. The van der Waals surface area contributed by atoms with E-state index in [9.17, 15) is 14.4 Å². The van der Waals surface area contributed by atoms with Crippen LogP contribution in [0.2, 0.25) is 0 Å². The zero-order chi connectivity index (χ0) is 14.4. The molecule has 3 N–H and O–H groups in total. The summed E-state index contributed by atoms with van der Waals surface area (Å²) >= 11 is 0. The summed E-state index contributed by atoms with van der Waals surface area (Å²) in [5.74, 6) is -0.917. The number of hydrogen-bond donors (Lipinski definition) is 3. The Morgan fingerprint density at radius 1 is 1.00 bits per heavy atom. The number of nitrogens with one attached hydrogen (secondary N) is 3. The lowest BCUT2D eigenvalue weighted by atomic mass is 10.2. The van der Waals surface area contributed by atoms with Gasteiger partial charge in [-0.05, 0) is 20.8 Å². The van der Waals surface area contributed by atoms with Gasteiger partial charge in [0.1, 0.15) is 6.04 Å². The molecule has 1 aliphatic heterocycles. The fraction of sp³-hybridized carbons (Fsp3) is 0.750. The van der Waals surface area contributed by atoms with E-state index in [1.165, 1.54) is 0 Å². The van der Waals surface area contributed by atoms with Crippen molar-refractivity contribution in [3.8, 4) is 0 Å². The Morgan fingerprint density at radius 3 is 2.37 bits per heavy atom. The predicted octanol–water partition coefficient (Wildman–Crippen LogP) is -1.08. The van der Waals surface area contributed by atoms with Crippen molar-refractivity contribution >= 4 is 17.7 Å². The Bertz CT molecular complexity index is 359. The lowest BCUT2D eigenvalue weighted by Gasteiger charge is -2.19. The summed E-state index contributed by atoms with van der Waals surface area (Å²) in [6.45, 7) is 5.40. The van der Waals surface area contributed by atoms with Gasteiger partial charge >= 0.3 is 0 Å². The summed E-state index contributed by atoms with van der Waals surface area (Å²) in [4.78, 5) is 34.7. The van der Waals surface area contributed by atoms with Crippen LogP contribution in [0, 0.1) is 0 Å². The van der Waals surface area contributed by atoms with Crippen LogP contribution in [0.15, 0.2) is 0 Å². The van der Waals surface area contributed by atoms with E-state index in [0.717, 1.165) is 0 Å². The van der Waals surface area contributed by atoms with Crippen LogP contribution in [0.4, 0.5) is 0 Å². The van der Waals surface area contributed by atoms with Crippen molar-refractivity contribution in [2.45, 2.75) is 45.4 Å². The summed E-state index contributed by atoms with van der Waals surface area (Å²) in [6, 6.07) is -0.675. The third kappa shape index (κ3) is 5.69. The van der Waals surface area contributed by atoms with Crippen molar-refractivity contribution in [1.29, 1.82) is 0 Å². The first kappa shape index (κ1) is 15.4. The lowest BCUT2D eigenvalue weighted by molar-refractivity contribution is -0.130. The molecule has 0 bridgehead atoms. The number of rotatable bonds is 0. The maximum Gasteiger partial charge on any atom is 0.242 e. The minimum atomic E-state index is -0.675. The highest BCUT2D eigenvalue weighted by atomic mass is 16.5. The minimum absolute atomic E-state index is 0.110. The molecule has 3 amide bonds. The Labute approximate surface area is 112 Å². The standard InChI is InChI=1S/C12H21N3O4/c1-7-4-10(16)15-9(3)12(18)14-6-11(17)13-5-8(2)19-7/h7-9H,4-6H2,1-3H3,(H,13,17)(H,14,18)(H,15,16)/t7-,8?,9-/m0/s1. The third-order valence-corrected chi connectivity index (χ3v) is 2.72. The molecular weight excluding hydrogens is 250 g/mol. The fourth-order valence-corrected chi connectivity index (χ4v) is 1.76. The van der Waals surface area contributed by atoms with Crippen molar-refractivity contribution in [2.24, 2.45) is 0 Å². The van der Waals surface area contributed by atoms with Crippen LogP contribution in [0.25, 0.3) is 0 Å². The Balaban J connectivity index is 2.68. The highest BCUT2D eigenvalue weighted by Gasteiger charge is 2.20. The first-order valence-corrected chi connectivity index (χ1v) is 6.37. The van der Waals surface area contributed by atoms with E-state index in [1.807, 2.05) is 6.92 Å². The molecular formula is C12H21N3O4. The molecule has 108 valence electrons. The normalized spacial score (nSPS) is 31.1. The molecule has 0 aromatic carbocycles. The number of amides is 3. The molecule has 1 saturated heterocycles. The molecule has 1 fully saturated rings. The van der Waals surface area contributed by atoms with Gasteiger partial charge in [0.05, 0.1) is 25.2 Å². The molecule has 0 aliphatic carbocycles. The molecule has 1 unspecified atom stereocenters. The van der Waals surface area contributed by atoms with E-state index >= 15 is 0 Å². The molecule has 0 aromatic rings. The lowest BCUT2D eigenvalue weighted by Crippen LogP contribution is -2.47. The highest BCUT2D eigenvalue weighted by Crippen LogP contribution is 2.03. The maximum absolute atomic E-state index is 11.7. The van der Waals surface area contributed by atoms with E-state index in [-0.39, 0.29) is 42.9 Å². The highest BCUT2D eigenvalue weighted by molar-refractivity contribution is 5.90. The van der Waals surface area contributed by atoms with Crippen molar-refractivity contribution in [3.05, 3.63) is 0 Å². The molecule has 1 aliphatic rings. The minimum Gasteiger partial charge on any atom is -0.373 e. The molecule has 1 heterocycles. The average molecular weight is 271 g/mol. The summed E-state index contributed by atoms with van der Waals surface area (Å²) < 4.78 is 5.56. The Morgan fingerprint density at radius 2 is 1.68 bits per heavy atom. The van der Waals surface area contributed by atoms with Crippen molar-refractivity contribution in [2.75, 3.05) is 13.1 Å². The number of hydrogen-bond acceptors (Lipinski definition) is 4. The van der Waals surface area contributed by atoms with Crippen LogP contribution < -0.4 is 16.0 Å². The second kappa shape index (κ2) is 7.08. The predicted molar refractivity (Wildman–Crippen MR) is 68.3 cm³/mol. The molecule has 19 heavy (non-hydrogen) atoms. The van der Waals surface area contributed by atoms with Gasteiger partial charge < -0.3 is 20.7 Å². The molecule has 0 aromatic heterocycles. The van der Waals surface area contributed by atoms with E-state index in [4.69, 9.17) is 4.74 Å². The first-order chi connectivity index (χ1) is 8.88. The van der Waals surface area contributed by atoms with Crippen LogP contribution in [-0.2, 0) is 19.1 Å². The number of carbonyl (C=O) groups excluding carboxylic acids is 3. The summed E-state index contributed by atoms with van der Waals surface area (Å²) in [7, 11) is 0. The topological polar surface area (TPSA) is 96.5 Å². The van der Waals surface area contributed by atoms with Gasteiger partial charge in [-0.2, -0.15) is 0 Å². The third-order valence-electron chi connectivity index (χ3n) is 2.72. The zero-order valence-electron chi connectivity index (χ0n) is 11.5. The summed E-state index contributed by atoms with van der Waals surface area (Å²) in [6.07, 6.45) is -0.292. The van der Waals surface area contributed by atoms with Crippen LogP contribution in [0.1, 0.15) is 27.2 Å². The summed E-state index contributed by atoms with van der Waals surface area (Å²) in [5.41, 5.74) is 0. The molecule has 0 spiro atoms. The monoisotopic (exact) mass is 271 g/mol. The van der Waals surface area contributed by atoms with Crippen LogP contribution in [0.3, 0.4) is 0 Å². The summed E-state index contributed by atoms with van der Waals surface area (Å²) in [5, 5.41) is 7.68. The number of ether oxygens (including phenoxy) is 1. The largest absolute Gasteiger partial charge is 0.373 e. The maximum atomic E-state index is 11.7. The molecule has 3 atom stereocenters. The van der Waals surface area contributed by atoms with E-state index in [2.05, 4.69) is 16.0 Å². The van der Waals surface area contributed by atoms with Crippen molar-refractivity contribution < 1.29 is 19.1 Å². The Kier molecular flexibility index (Phi) is 5.75. The second-order valence-corrected chi connectivity index (χ2v) is 4.77. The molecule has 7 heteroatoms. The van der Waals surface area contributed by atoms with E-state index < -0.39 is 6.04 Å². The average Bonchev–Trinajstić information content (AvgIpc) is 2.32. The van der Waals surface area contributed by atoms with Gasteiger partial charge in [0.2, 0.25) is 17.7 Å². The van der Waals surface area contributed by atoms with Crippen LogP contribution in [0.5, 0.6) is 0 Å². The van der Waals surface area contributed by atoms with Crippen molar-refractivity contribution in [1.82, 2.24) is 16.0 Å². The van der Waals surface area contributed by atoms with Gasteiger partial charge in [0.25, 0.3) is 0 Å². The Hall–Kier alpha value is -1.63.